The molecule has 2 aliphatic rings. The fraction of sp³-hybridized carbons (Fsp3) is 0.290. The smallest absolute Gasteiger partial charge is 0.338 e. The Morgan fingerprint density at radius 1 is 0.947 bits per heavy atom. The molecule has 1 aliphatic carbocycles. The molecule has 0 spiro atoms. The number of fused-ring (bicyclic) bond motifs is 3. The summed E-state index contributed by atoms with van der Waals surface area (Å²) >= 11 is 0. The molecule has 0 radical (unpaired) electrons. The third kappa shape index (κ3) is 4.89. The first-order chi connectivity index (χ1) is 18.2. The first kappa shape index (κ1) is 25.5. The number of ether oxygens (including phenoxy) is 1. The minimum Gasteiger partial charge on any atom is -0.454 e. The Labute approximate surface area is 221 Å². The molecule has 1 aliphatic heterocycles. The number of anilines is 1. The molecule has 7 nitrogen and oxygen atoms in total. The number of carbonyl (C=O) groups is 4. The van der Waals surface area contributed by atoms with Crippen molar-refractivity contribution in [2.24, 2.45) is 0 Å². The molecule has 0 saturated carbocycles. The highest BCUT2D eigenvalue weighted by atomic mass is 16.5. The number of carbonyl (C=O) groups excluding carboxylic acids is 4. The second kappa shape index (κ2) is 9.99. The molecule has 5 rings (SSSR count). The molecule has 38 heavy (non-hydrogen) atoms. The van der Waals surface area contributed by atoms with Gasteiger partial charge in [-0.1, -0.05) is 43.3 Å². The van der Waals surface area contributed by atoms with Crippen LogP contribution >= 0.6 is 0 Å². The normalized spacial score (nSPS) is 16.4. The van der Waals surface area contributed by atoms with E-state index in [1.165, 1.54) is 23.3 Å². The number of imide groups is 1. The highest BCUT2D eigenvalue weighted by Gasteiger charge is 2.41. The van der Waals surface area contributed by atoms with E-state index < -0.39 is 12.0 Å². The van der Waals surface area contributed by atoms with Crippen LogP contribution in [0.5, 0.6) is 0 Å². The average molecular weight is 511 g/mol. The Hall–Kier alpha value is -4.10. The van der Waals surface area contributed by atoms with Crippen molar-refractivity contribution in [1.82, 2.24) is 5.32 Å². The molecule has 1 fully saturated rings. The van der Waals surface area contributed by atoms with E-state index in [0.29, 0.717) is 11.3 Å². The summed E-state index contributed by atoms with van der Waals surface area (Å²) in [4.78, 5) is 51.9. The maximum absolute atomic E-state index is 12.9. The monoisotopic (exact) mass is 510 g/mol. The Bertz CT molecular complexity index is 1440. The Balaban J connectivity index is 1.20. The van der Waals surface area contributed by atoms with Crippen molar-refractivity contribution in [3.8, 4) is 11.1 Å². The summed E-state index contributed by atoms with van der Waals surface area (Å²) in [5.41, 5.74) is 5.48. The number of nitrogens with zero attached hydrogens (tertiary/aromatic N) is 1. The van der Waals surface area contributed by atoms with Crippen LogP contribution in [0.4, 0.5) is 5.69 Å². The number of nitrogens with one attached hydrogen (secondary N) is 1. The van der Waals surface area contributed by atoms with Crippen molar-refractivity contribution in [3.63, 3.8) is 0 Å². The molecule has 194 valence electrons. The molecule has 3 aromatic rings. The van der Waals surface area contributed by atoms with Gasteiger partial charge in [-0.15, -0.1) is 0 Å². The first-order valence-corrected chi connectivity index (χ1v) is 12.8. The van der Waals surface area contributed by atoms with Gasteiger partial charge in [0.2, 0.25) is 5.91 Å². The van der Waals surface area contributed by atoms with Crippen molar-refractivity contribution in [3.05, 3.63) is 89.0 Å². The van der Waals surface area contributed by atoms with Gasteiger partial charge in [0.05, 0.1) is 23.7 Å². The van der Waals surface area contributed by atoms with Gasteiger partial charge in [-0.2, -0.15) is 0 Å². The van der Waals surface area contributed by atoms with Crippen molar-refractivity contribution in [2.75, 3.05) is 11.5 Å². The third-order valence-corrected chi connectivity index (χ3v) is 7.41. The Kier molecular flexibility index (Phi) is 6.71. The third-order valence-electron chi connectivity index (χ3n) is 7.41. The summed E-state index contributed by atoms with van der Waals surface area (Å²) in [6.45, 7) is 5.61. The molecule has 0 aromatic heterocycles. The maximum Gasteiger partial charge on any atom is 0.338 e. The lowest BCUT2D eigenvalue weighted by Gasteiger charge is -2.27. The van der Waals surface area contributed by atoms with Gasteiger partial charge in [0, 0.05) is 11.1 Å². The SMILES string of the molecule is CCC(C)(C)NC1CC(=O)N(c2ccc(C(=O)OCC(=O)c3ccc4c(c3)Cc3ccccc3-4)cc2)C1=O. The Morgan fingerprint density at radius 3 is 2.37 bits per heavy atom. The maximum atomic E-state index is 12.9. The summed E-state index contributed by atoms with van der Waals surface area (Å²) in [7, 11) is 0. The molecule has 1 heterocycles. The number of benzene rings is 3. The van der Waals surface area contributed by atoms with Gasteiger partial charge in [-0.05, 0) is 79.3 Å². The van der Waals surface area contributed by atoms with E-state index in [4.69, 9.17) is 4.74 Å². The summed E-state index contributed by atoms with van der Waals surface area (Å²) in [5, 5.41) is 3.26. The van der Waals surface area contributed by atoms with E-state index >= 15 is 0 Å². The van der Waals surface area contributed by atoms with Crippen LogP contribution in [0.25, 0.3) is 11.1 Å². The van der Waals surface area contributed by atoms with E-state index in [2.05, 4.69) is 17.4 Å². The van der Waals surface area contributed by atoms with Crippen LogP contribution in [-0.2, 0) is 20.7 Å². The topological polar surface area (TPSA) is 92.8 Å². The number of rotatable bonds is 8. The van der Waals surface area contributed by atoms with Gasteiger partial charge in [0.25, 0.3) is 5.91 Å². The van der Waals surface area contributed by atoms with Crippen LogP contribution in [0.2, 0.25) is 0 Å². The van der Waals surface area contributed by atoms with Crippen LogP contribution in [0.3, 0.4) is 0 Å². The standard InChI is InChI=1S/C31H30N2O5/c1-4-31(2,3)32-26-17-28(35)33(29(26)36)23-12-9-19(10-13-23)30(37)38-18-27(34)21-11-14-25-22(16-21)15-20-7-5-6-8-24(20)25/h5-14,16,26,32H,4,15,17-18H2,1-3H3. The molecule has 3 aromatic carbocycles. The van der Waals surface area contributed by atoms with Crippen molar-refractivity contribution < 1.29 is 23.9 Å². The number of Topliss-reactive ketones (excluding diaryl/α,β-unsaturated/α-hetero) is 1. The van der Waals surface area contributed by atoms with E-state index in [-0.39, 0.29) is 41.7 Å². The van der Waals surface area contributed by atoms with E-state index in [1.807, 2.05) is 45.0 Å². The minimum absolute atomic E-state index is 0.0863. The summed E-state index contributed by atoms with van der Waals surface area (Å²) in [6.07, 6.45) is 1.67. The van der Waals surface area contributed by atoms with E-state index in [9.17, 15) is 19.2 Å². The average Bonchev–Trinajstić information content (AvgIpc) is 3.42. The molecule has 2 amide bonds. The van der Waals surface area contributed by atoms with Crippen LogP contribution in [-0.4, -0.2) is 41.8 Å². The van der Waals surface area contributed by atoms with Crippen LogP contribution in [0.1, 0.15) is 65.5 Å². The lowest BCUT2D eigenvalue weighted by molar-refractivity contribution is -0.121. The van der Waals surface area contributed by atoms with Gasteiger partial charge in [0.15, 0.2) is 12.4 Å². The van der Waals surface area contributed by atoms with Gasteiger partial charge < -0.3 is 10.1 Å². The minimum atomic E-state index is -0.651. The second-order valence-electron chi connectivity index (χ2n) is 10.5. The van der Waals surface area contributed by atoms with E-state index in [0.717, 1.165) is 28.9 Å². The highest BCUT2D eigenvalue weighted by Crippen LogP contribution is 2.36. The van der Waals surface area contributed by atoms with Crippen molar-refractivity contribution in [2.45, 2.75) is 51.6 Å². The molecule has 1 saturated heterocycles. The number of hydrogen-bond donors (Lipinski definition) is 1. The number of amides is 2. The van der Waals surface area contributed by atoms with Gasteiger partial charge in [-0.3, -0.25) is 14.4 Å². The molecular weight excluding hydrogens is 480 g/mol. The number of hydrogen-bond acceptors (Lipinski definition) is 6. The molecule has 1 atom stereocenters. The zero-order valence-corrected chi connectivity index (χ0v) is 21.7. The van der Waals surface area contributed by atoms with Crippen molar-refractivity contribution >= 4 is 29.3 Å². The zero-order chi connectivity index (χ0) is 27.0. The molecule has 0 bridgehead atoms. The molecule has 1 unspecified atom stereocenters. The van der Waals surface area contributed by atoms with Crippen LogP contribution < -0.4 is 10.2 Å². The van der Waals surface area contributed by atoms with Crippen molar-refractivity contribution in [1.29, 1.82) is 0 Å². The molecular formula is C31H30N2O5. The largest absolute Gasteiger partial charge is 0.454 e. The van der Waals surface area contributed by atoms with Crippen LogP contribution in [0, 0.1) is 0 Å². The molecule has 7 heteroatoms. The summed E-state index contributed by atoms with van der Waals surface area (Å²) in [5.74, 6) is -1.54. The fourth-order valence-electron chi connectivity index (χ4n) is 4.95. The number of ketones is 1. The lowest BCUT2D eigenvalue weighted by atomic mass is 10.00. The predicted octanol–water partition coefficient (Wildman–Crippen LogP) is 4.71. The fourth-order valence-corrected chi connectivity index (χ4v) is 4.95. The van der Waals surface area contributed by atoms with Gasteiger partial charge >= 0.3 is 5.97 Å². The summed E-state index contributed by atoms with van der Waals surface area (Å²) < 4.78 is 5.27. The Morgan fingerprint density at radius 2 is 1.63 bits per heavy atom. The predicted molar refractivity (Wildman–Crippen MR) is 144 cm³/mol. The summed E-state index contributed by atoms with van der Waals surface area (Å²) in [6, 6.07) is 19.2. The van der Waals surface area contributed by atoms with Gasteiger partial charge in [-0.25, -0.2) is 9.69 Å². The van der Waals surface area contributed by atoms with Crippen LogP contribution in [0.15, 0.2) is 66.7 Å². The van der Waals surface area contributed by atoms with Gasteiger partial charge in [0.1, 0.15) is 0 Å². The number of esters is 1. The van der Waals surface area contributed by atoms with E-state index in [1.54, 1.807) is 18.2 Å². The molecule has 1 N–H and O–H groups in total. The zero-order valence-electron chi connectivity index (χ0n) is 21.7. The quantitative estimate of drug-likeness (QED) is 0.210. The first-order valence-electron chi connectivity index (χ1n) is 12.8. The second-order valence-corrected chi connectivity index (χ2v) is 10.5. The lowest BCUT2D eigenvalue weighted by Crippen LogP contribution is -2.49. The highest BCUT2D eigenvalue weighted by molar-refractivity contribution is 6.22.